The molecule has 3 rings (SSSR count). The minimum atomic E-state index is 0.134. The maximum Gasteiger partial charge on any atom is 0.228 e. The van der Waals surface area contributed by atoms with Gasteiger partial charge in [0.25, 0.3) is 0 Å². The maximum absolute atomic E-state index is 12.2. The Morgan fingerprint density at radius 3 is 2.91 bits per heavy atom. The van der Waals surface area contributed by atoms with Crippen molar-refractivity contribution in [1.82, 2.24) is 14.7 Å². The predicted molar refractivity (Wildman–Crippen MR) is 97.5 cm³/mol. The largest absolute Gasteiger partial charge is 0.284 e. The Morgan fingerprint density at radius 2 is 2.30 bits per heavy atom. The number of carbonyl (C=O) groups excluding carboxylic acids is 1. The smallest absolute Gasteiger partial charge is 0.228 e. The number of aromatic nitrogens is 2. The van der Waals surface area contributed by atoms with Crippen LogP contribution in [0.2, 0.25) is 0 Å². The zero-order valence-corrected chi connectivity index (χ0v) is 15.7. The van der Waals surface area contributed by atoms with E-state index in [-0.39, 0.29) is 5.91 Å². The van der Waals surface area contributed by atoms with E-state index < -0.39 is 0 Å². The van der Waals surface area contributed by atoms with Gasteiger partial charge in [0, 0.05) is 19.0 Å². The molecule has 1 amide bonds. The molecule has 1 aliphatic carbocycles. The molecule has 5 nitrogen and oxygen atoms in total. The van der Waals surface area contributed by atoms with Crippen molar-refractivity contribution in [2.75, 3.05) is 11.9 Å². The van der Waals surface area contributed by atoms with Crippen LogP contribution in [-0.2, 0) is 18.0 Å². The van der Waals surface area contributed by atoms with E-state index in [1.54, 1.807) is 11.3 Å². The fraction of sp³-hybridized carbons (Fsp3) is 0.533. The average Bonchev–Trinajstić information content (AvgIpc) is 3.10. The summed E-state index contributed by atoms with van der Waals surface area (Å²) < 4.78 is 2.53. The standard InChI is InChI=1S/C15H20N4OS3/c1-3-13(20)19(12-4-5-12)14-16-18(15(21)23-14)10-17(2)8-11-6-7-22-9-11/h6-7,9,12H,3-5,8,10H2,1-2H3. The van der Waals surface area contributed by atoms with Crippen molar-refractivity contribution >= 4 is 45.9 Å². The van der Waals surface area contributed by atoms with Crippen LogP contribution in [0.1, 0.15) is 31.7 Å². The van der Waals surface area contributed by atoms with E-state index in [0.717, 1.165) is 24.5 Å². The first-order valence-corrected chi connectivity index (χ1v) is 9.85. The monoisotopic (exact) mass is 368 g/mol. The van der Waals surface area contributed by atoms with Gasteiger partial charge in [0.05, 0.1) is 6.67 Å². The molecule has 0 atom stereocenters. The summed E-state index contributed by atoms with van der Waals surface area (Å²) >= 11 is 8.58. The second-order valence-corrected chi connectivity index (χ2v) is 8.17. The van der Waals surface area contributed by atoms with Gasteiger partial charge < -0.3 is 0 Å². The Kier molecular flexibility index (Phi) is 5.25. The second kappa shape index (κ2) is 7.21. The normalized spacial score (nSPS) is 14.4. The molecule has 0 spiro atoms. The third-order valence-corrected chi connectivity index (χ3v) is 5.73. The topological polar surface area (TPSA) is 41.4 Å². The fourth-order valence-corrected chi connectivity index (χ4v) is 4.26. The van der Waals surface area contributed by atoms with Crippen molar-refractivity contribution in [2.45, 2.75) is 45.4 Å². The fourth-order valence-electron chi connectivity index (χ4n) is 2.42. The van der Waals surface area contributed by atoms with Crippen molar-refractivity contribution in [3.05, 3.63) is 26.3 Å². The molecule has 0 bridgehead atoms. The van der Waals surface area contributed by atoms with Crippen LogP contribution in [0, 0.1) is 3.95 Å². The first kappa shape index (κ1) is 16.8. The first-order chi connectivity index (χ1) is 11.1. The van der Waals surface area contributed by atoms with Crippen LogP contribution < -0.4 is 4.90 Å². The summed E-state index contributed by atoms with van der Waals surface area (Å²) in [5.74, 6) is 0.134. The highest BCUT2D eigenvalue weighted by molar-refractivity contribution is 7.73. The first-order valence-electron chi connectivity index (χ1n) is 7.68. The number of amides is 1. The predicted octanol–water partition coefficient (Wildman–Crippen LogP) is 3.73. The highest BCUT2D eigenvalue weighted by Gasteiger charge is 2.35. The van der Waals surface area contributed by atoms with Crippen molar-refractivity contribution in [2.24, 2.45) is 0 Å². The highest BCUT2D eigenvalue weighted by atomic mass is 32.1. The van der Waals surface area contributed by atoms with E-state index in [1.807, 2.05) is 23.6 Å². The molecule has 1 aliphatic rings. The van der Waals surface area contributed by atoms with Crippen LogP contribution in [0.15, 0.2) is 16.8 Å². The van der Waals surface area contributed by atoms with Gasteiger partial charge in [-0.1, -0.05) is 18.3 Å². The summed E-state index contributed by atoms with van der Waals surface area (Å²) in [7, 11) is 2.05. The number of thiophene rings is 1. The number of hydrogen-bond acceptors (Lipinski definition) is 6. The number of rotatable bonds is 7. The molecule has 0 saturated heterocycles. The lowest BCUT2D eigenvalue weighted by molar-refractivity contribution is -0.118. The Bertz CT molecular complexity index is 717. The molecule has 2 aromatic rings. The highest BCUT2D eigenvalue weighted by Crippen LogP contribution is 2.33. The van der Waals surface area contributed by atoms with E-state index in [1.165, 1.54) is 16.9 Å². The molecule has 8 heteroatoms. The number of anilines is 1. The Balaban J connectivity index is 1.72. The van der Waals surface area contributed by atoms with Gasteiger partial charge in [-0.2, -0.15) is 11.3 Å². The lowest BCUT2D eigenvalue weighted by atomic mass is 10.3. The van der Waals surface area contributed by atoms with Gasteiger partial charge in [-0.25, -0.2) is 4.68 Å². The van der Waals surface area contributed by atoms with Gasteiger partial charge in [-0.3, -0.25) is 14.6 Å². The molecule has 1 fully saturated rings. The molecule has 0 N–H and O–H groups in total. The molecule has 2 heterocycles. The SMILES string of the molecule is CCC(=O)N(c1nn(CN(C)Cc2ccsc2)c(=S)s1)C1CC1. The van der Waals surface area contributed by atoms with E-state index in [0.29, 0.717) is 23.1 Å². The van der Waals surface area contributed by atoms with Crippen molar-refractivity contribution in [1.29, 1.82) is 0 Å². The van der Waals surface area contributed by atoms with Gasteiger partial charge in [0.2, 0.25) is 11.0 Å². The second-order valence-electron chi connectivity index (χ2n) is 5.79. The van der Waals surface area contributed by atoms with Gasteiger partial charge >= 0.3 is 0 Å². The zero-order chi connectivity index (χ0) is 16.4. The number of hydrogen-bond donors (Lipinski definition) is 0. The summed E-state index contributed by atoms with van der Waals surface area (Å²) in [4.78, 5) is 16.2. The van der Waals surface area contributed by atoms with Crippen molar-refractivity contribution < 1.29 is 4.79 Å². The molecule has 0 unspecified atom stereocenters. The lowest BCUT2D eigenvalue weighted by Crippen LogP contribution is -2.32. The zero-order valence-electron chi connectivity index (χ0n) is 13.3. The van der Waals surface area contributed by atoms with Gasteiger partial charge in [0.1, 0.15) is 0 Å². The molecule has 23 heavy (non-hydrogen) atoms. The van der Waals surface area contributed by atoms with Crippen LogP contribution in [0.5, 0.6) is 0 Å². The van der Waals surface area contributed by atoms with E-state index in [4.69, 9.17) is 12.2 Å². The molecule has 0 aliphatic heterocycles. The van der Waals surface area contributed by atoms with Gasteiger partial charge in [0.15, 0.2) is 3.95 Å². The number of nitrogens with zero attached hydrogens (tertiary/aromatic N) is 4. The Labute approximate surface area is 149 Å². The maximum atomic E-state index is 12.2. The van der Waals surface area contributed by atoms with Crippen molar-refractivity contribution in [3.63, 3.8) is 0 Å². The summed E-state index contributed by atoms with van der Waals surface area (Å²) in [6.45, 7) is 3.38. The molecule has 0 aromatic carbocycles. The molecule has 2 aromatic heterocycles. The molecule has 0 radical (unpaired) electrons. The van der Waals surface area contributed by atoms with Gasteiger partial charge in [-0.15, -0.1) is 5.10 Å². The van der Waals surface area contributed by atoms with Gasteiger partial charge in [-0.05, 0) is 54.5 Å². The molecular weight excluding hydrogens is 348 g/mol. The minimum absolute atomic E-state index is 0.134. The third kappa shape index (κ3) is 4.06. The van der Waals surface area contributed by atoms with E-state index >= 15 is 0 Å². The summed E-state index contributed by atoms with van der Waals surface area (Å²) in [6.07, 6.45) is 2.63. The third-order valence-electron chi connectivity index (χ3n) is 3.69. The molecule has 1 saturated carbocycles. The lowest BCUT2D eigenvalue weighted by Gasteiger charge is -2.18. The summed E-state index contributed by atoms with van der Waals surface area (Å²) in [5.41, 5.74) is 1.29. The number of carbonyl (C=O) groups is 1. The summed E-state index contributed by atoms with van der Waals surface area (Å²) in [5, 5.41) is 9.58. The summed E-state index contributed by atoms with van der Waals surface area (Å²) in [6, 6.07) is 2.45. The Morgan fingerprint density at radius 1 is 1.52 bits per heavy atom. The minimum Gasteiger partial charge on any atom is -0.284 e. The van der Waals surface area contributed by atoms with E-state index in [2.05, 4.69) is 26.8 Å². The molecule has 124 valence electrons. The average molecular weight is 369 g/mol. The van der Waals surface area contributed by atoms with Crippen LogP contribution in [0.4, 0.5) is 5.13 Å². The molecular formula is C15H20N4OS3. The van der Waals surface area contributed by atoms with Crippen molar-refractivity contribution in [3.8, 4) is 0 Å². The quantitative estimate of drug-likeness (QED) is 0.698. The Hall–Kier alpha value is -1.09. The van der Waals surface area contributed by atoms with Crippen LogP contribution in [0.25, 0.3) is 0 Å². The van der Waals surface area contributed by atoms with E-state index in [9.17, 15) is 4.79 Å². The van der Waals surface area contributed by atoms with Crippen LogP contribution in [-0.4, -0.2) is 33.7 Å². The van der Waals surface area contributed by atoms with Crippen LogP contribution in [0.3, 0.4) is 0 Å². The van der Waals surface area contributed by atoms with Crippen LogP contribution >= 0.6 is 34.9 Å².